The molecule has 0 spiro atoms. The molecule has 0 bridgehead atoms. The van der Waals surface area contributed by atoms with Crippen molar-refractivity contribution in [2.45, 2.75) is 49.0 Å². The Bertz CT molecular complexity index is 2750. The first-order valence-corrected chi connectivity index (χ1v) is 23.1. The number of benzene rings is 7. The summed E-state index contributed by atoms with van der Waals surface area (Å²) in [7, 11) is 1.13. The molecule has 1 fully saturated rings. The van der Waals surface area contributed by atoms with Crippen LogP contribution in [0, 0.1) is 0 Å². The summed E-state index contributed by atoms with van der Waals surface area (Å²) in [6.07, 6.45) is -9.08. The van der Waals surface area contributed by atoms with Crippen molar-refractivity contribution in [3.8, 4) is 0 Å². The second kappa shape index (κ2) is 24.4. The summed E-state index contributed by atoms with van der Waals surface area (Å²) >= 11 is 0. The highest BCUT2D eigenvalue weighted by Crippen LogP contribution is 2.42. The third-order valence-electron chi connectivity index (χ3n) is 11.8. The van der Waals surface area contributed by atoms with Gasteiger partial charge in [-0.1, -0.05) is 176 Å². The third kappa shape index (κ3) is 12.3. The quantitative estimate of drug-likeness (QED) is 0.0463. The molecule has 6 atom stereocenters. The molecule has 0 saturated carbocycles. The molecule has 14 heteroatoms. The van der Waals surface area contributed by atoms with E-state index in [1.165, 1.54) is 24.3 Å². The number of methoxy groups -OCH3 is 1. The Morgan fingerprint density at radius 2 is 0.903 bits per heavy atom. The predicted octanol–water partition coefficient (Wildman–Crippen LogP) is 8.88. The maximum absolute atomic E-state index is 14.3. The van der Waals surface area contributed by atoms with Crippen molar-refractivity contribution in [3.05, 3.63) is 251 Å². The molecule has 1 aliphatic heterocycles. The molecule has 1 saturated heterocycles. The van der Waals surface area contributed by atoms with Gasteiger partial charge in [0.25, 0.3) is 0 Å². The average Bonchev–Trinajstić information content (AvgIpc) is 3.44. The molecule has 72 heavy (non-hydrogen) atoms. The smallest absolute Gasteiger partial charge is 0.408 e. The van der Waals surface area contributed by atoms with E-state index >= 15 is 0 Å². The Labute approximate surface area is 416 Å². The van der Waals surface area contributed by atoms with Crippen molar-refractivity contribution in [3.63, 3.8) is 0 Å². The standard InChI is InChI=1S/C58H51NO13/c1-65-55(63)47(59-57(64)67-37-40-23-9-2-10-24-40)38-66-56-51(72-54(62)43-29-15-5-16-30-43)50(71-53(61)42-27-13-4-14-28-42)49(70-52(60)41-25-11-3-12-26-41)48(69-56)39-68-58(44-31-17-6-18-32-44,45-33-19-7-20-34-45)46-35-21-8-22-36-46/h2-36,47-51,56H,37-39H2,1H3,(H,59,64)/t47-,48-,49+,50+,51-,56-/m1/s1. The molecule has 0 radical (unpaired) electrons. The van der Waals surface area contributed by atoms with Crippen molar-refractivity contribution in [1.82, 2.24) is 5.32 Å². The minimum Gasteiger partial charge on any atom is -0.467 e. The average molecular weight is 970 g/mol. The van der Waals surface area contributed by atoms with Gasteiger partial charge in [-0.3, -0.25) is 0 Å². The van der Waals surface area contributed by atoms with Crippen LogP contribution >= 0.6 is 0 Å². The lowest BCUT2D eigenvalue weighted by atomic mass is 9.80. The summed E-state index contributed by atoms with van der Waals surface area (Å²) < 4.78 is 49.8. The molecule has 1 amide bonds. The van der Waals surface area contributed by atoms with Crippen LogP contribution in [-0.4, -0.2) is 87.0 Å². The zero-order valence-corrected chi connectivity index (χ0v) is 39.1. The first kappa shape index (κ1) is 50.0. The van der Waals surface area contributed by atoms with Crippen LogP contribution in [0.5, 0.6) is 0 Å². The Hall–Kier alpha value is -8.43. The fourth-order valence-electron chi connectivity index (χ4n) is 8.23. The number of rotatable bonds is 19. The van der Waals surface area contributed by atoms with Gasteiger partial charge in [0.05, 0.1) is 37.0 Å². The second-order valence-corrected chi connectivity index (χ2v) is 16.5. The topological polar surface area (TPSA) is 171 Å². The summed E-state index contributed by atoms with van der Waals surface area (Å²) in [5.41, 5.74) is 1.94. The lowest BCUT2D eigenvalue weighted by Gasteiger charge is -2.46. The number of ether oxygens (including phenoxy) is 8. The van der Waals surface area contributed by atoms with Crippen molar-refractivity contribution in [1.29, 1.82) is 0 Å². The van der Waals surface area contributed by atoms with Crippen LogP contribution in [0.2, 0.25) is 0 Å². The molecule has 0 aromatic heterocycles. The van der Waals surface area contributed by atoms with Crippen molar-refractivity contribution in [2.75, 3.05) is 20.3 Å². The van der Waals surface area contributed by atoms with Gasteiger partial charge in [0.15, 0.2) is 30.6 Å². The molecule has 0 unspecified atom stereocenters. The number of esters is 4. The van der Waals surface area contributed by atoms with E-state index in [2.05, 4.69) is 5.32 Å². The minimum absolute atomic E-state index is 0.111. The van der Waals surface area contributed by atoms with Crippen molar-refractivity contribution in [2.24, 2.45) is 0 Å². The van der Waals surface area contributed by atoms with Gasteiger partial charge in [-0.15, -0.1) is 0 Å². The molecule has 0 aliphatic carbocycles. The Balaban J connectivity index is 1.23. The summed E-state index contributed by atoms with van der Waals surface area (Å²) in [5.74, 6) is -3.50. The number of alkyl carbamates (subject to hydrolysis) is 1. The molecule has 14 nitrogen and oxygen atoms in total. The summed E-state index contributed by atoms with van der Waals surface area (Å²) in [6.45, 7) is -1.16. The molecular weight excluding hydrogens is 919 g/mol. The van der Waals surface area contributed by atoms with Gasteiger partial charge < -0.3 is 43.2 Å². The van der Waals surface area contributed by atoms with E-state index in [4.69, 9.17) is 37.9 Å². The third-order valence-corrected chi connectivity index (χ3v) is 11.8. The van der Waals surface area contributed by atoms with E-state index in [1.54, 1.807) is 91.0 Å². The highest BCUT2D eigenvalue weighted by atomic mass is 16.7. The summed E-state index contributed by atoms with van der Waals surface area (Å²) in [5, 5.41) is 2.48. The van der Waals surface area contributed by atoms with Crippen molar-refractivity contribution >= 4 is 30.0 Å². The predicted molar refractivity (Wildman–Crippen MR) is 262 cm³/mol. The Morgan fingerprint density at radius 1 is 0.514 bits per heavy atom. The lowest BCUT2D eigenvalue weighted by Crippen LogP contribution is -2.63. The summed E-state index contributed by atoms with van der Waals surface area (Å²) in [4.78, 5) is 69.4. The number of nitrogens with one attached hydrogen (secondary N) is 1. The van der Waals surface area contributed by atoms with Gasteiger partial charge in [-0.2, -0.15) is 0 Å². The first-order chi connectivity index (χ1) is 35.2. The highest BCUT2D eigenvalue weighted by molar-refractivity contribution is 5.91. The van der Waals surface area contributed by atoms with Crippen LogP contribution in [0.3, 0.4) is 0 Å². The van der Waals surface area contributed by atoms with E-state index < -0.39 is 85.5 Å². The highest BCUT2D eigenvalue weighted by Gasteiger charge is 2.54. The zero-order valence-electron chi connectivity index (χ0n) is 39.1. The van der Waals surface area contributed by atoms with Crippen LogP contribution in [0.4, 0.5) is 4.79 Å². The Kier molecular flexibility index (Phi) is 16.9. The molecule has 1 aliphatic rings. The SMILES string of the molecule is COC(=O)[C@@H](CO[C@@H]1O[C@H](COC(c2ccccc2)(c2ccccc2)c2ccccc2)[C@H](OC(=O)c2ccccc2)[C@H](OC(=O)c2ccccc2)[C@H]1OC(=O)c1ccccc1)NC(=O)OCc1ccccc1. The lowest BCUT2D eigenvalue weighted by molar-refractivity contribution is -0.303. The van der Waals surface area contributed by atoms with Gasteiger partial charge in [-0.05, 0) is 58.7 Å². The van der Waals surface area contributed by atoms with E-state index in [1.807, 2.05) is 97.1 Å². The van der Waals surface area contributed by atoms with Crippen molar-refractivity contribution < 1.29 is 61.9 Å². The van der Waals surface area contributed by atoms with Gasteiger partial charge >= 0.3 is 30.0 Å². The molecule has 7 aromatic carbocycles. The van der Waals surface area contributed by atoms with Gasteiger partial charge in [0.1, 0.15) is 18.3 Å². The molecule has 1 heterocycles. The minimum atomic E-state index is -1.72. The molecule has 8 rings (SSSR count). The molecule has 366 valence electrons. The zero-order chi connectivity index (χ0) is 50.1. The van der Waals surface area contributed by atoms with E-state index in [-0.39, 0.29) is 23.3 Å². The van der Waals surface area contributed by atoms with Gasteiger partial charge in [0.2, 0.25) is 0 Å². The molecule has 7 aromatic rings. The number of carbonyl (C=O) groups excluding carboxylic acids is 5. The number of hydrogen-bond donors (Lipinski definition) is 1. The number of hydrogen-bond acceptors (Lipinski definition) is 13. The largest absolute Gasteiger partial charge is 0.467 e. The van der Waals surface area contributed by atoms with Crippen LogP contribution < -0.4 is 5.32 Å². The second-order valence-electron chi connectivity index (χ2n) is 16.5. The first-order valence-electron chi connectivity index (χ1n) is 23.1. The maximum atomic E-state index is 14.3. The molecular formula is C58H51NO13. The van der Waals surface area contributed by atoms with Crippen LogP contribution in [-0.2, 0) is 54.9 Å². The maximum Gasteiger partial charge on any atom is 0.408 e. The normalized spacial score (nSPS) is 17.8. The number of carbonyl (C=O) groups is 5. The van der Waals surface area contributed by atoms with Crippen LogP contribution in [0.1, 0.15) is 53.3 Å². The monoisotopic (exact) mass is 969 g/mol. The summed E-state index contributed by atoms with van der Waals surface area (Å²) in [6, 6.07) is 60.2. The number of amides is 1. The van der Waals surface area contributed by atoms with Crippen LogP contribution in [0.25, 0.3) is 0 Å². The van der Waals surface area contributed by atoms with E-state index in [0.29, 0.717) is 5.56 Å². The van der Waals surface area contributed by atoms with Gasteiger partial charge in [0, 0.05) is 0 Å². The fourth-order valence-corrected chi connectivity index (χ4v) is 8.23. The Morgan fingerprint density at radius 3 is 1.33 bits per heavy atom. The van der Waals surface area contributed by atoms with Gasteiger partial charge in [-0.25, -0.2) is 24.0 Å². The van der Waals surface area contributed by atoms with E-state index in [0.717, 1.165) is 23.8 Å². The van der Waals surface area contributed by atoms with E-state index in [9.17, 15) is 24.0 Å². The van der Waals surface area contributed by atoms with Crippen LogP contribution in [0.15, 0.2) is 212 Å². The fraction of sp³-hybridized carbons (Fsp3) is 0.190. The molecule has 1 N–H and O–H groups in total.